The second kappa shape index (κ2) is 14.1. The summed E-state index contributed by atoms with van der Waals surface area (Å²) in [6.45, 7) is 3.35. The van der Waals surface area contributed by atoms with E-state index in [0.29, 0.717) is 44.0 Å². The minimum atomic E-state index is -5.14. The maximum atomic E-state index is 13.8. The molecule has 1 saturated heterocycles. The number of hydrogen-bond donors (Lipinski definition) is 0. The number of halogens is 7. The zero-order valence-electron chi connectivity index (χ0n) is 23.7. The zero-order chi connectivity index (χ0) is 32.1. The zero-order valence-corrected chi connectivity index (χ0v) is 24.5. The Morgan fingerprint density at radius 2 is 1.50 bits per heavy atom. The second-order valence-corrected chi connectivity index (χ2v) is 11.4. The fraction of sp³-hybridized carbons (Fsp3) is 0.400. The number of morpholine rings is 1. The van der Waals surface area contributed by atoms with Crippen molar-refractivity contribution in [2.45, 2.75) is 32.4 Å². The van der Waals surface area contributed by atoms with Gasteiger partial charge in [-0.2, -0.15) is 26.3 Å². The van der Waals surface area contributed by atoms with Gasteiger partial charge in [0.05, 0.1) is 30.9 Å². The lowest BCUT2D eigenvalue weighted by atomic mass is 10.0. The Morgan fingerprint density at radius 1 is 0.886 bits per heavy atom. The number of ether oxygens (including phenoxy) is 1. The first-order valence-electron chi connectivity index (χ1n) is 13.6. The van der Waals surface area contributed by atoms with Crippen molar-refractivity contribution >= 4 is 23.2 Å². The van der Waals surface area contributed by atoms with Crippen molar-refractivity contribution in [1.82, 2.24) is 14.7 Å². The van der Waals surface area contributed by atoms with E-state index in [2.05, 4.69) is 0 Å². The summed E-state index contributed by atoms with van der Waals surface area (Å²) in [5, 5.41) is 1.84. The highest BCUT2D eigenvalue weighted by Crippen LogP contribution is 2.36. The summed E-state index contributed by atoms with van der Waals surface area (Å²) in [5.74, 6) is -2.20. The van der Waals surface area contributed by atoms with Crippen molar-refractivity contribution in [2.24, 2.45) is 0 Å². The van der Waals surface area contributed by atoms with Gasteiger partial charge in [0.25, 0.3) is 5.91 Å². The van der Waals surface area contributed by atoms with Gasteiger partial charge in [0.1, 0.15) is 12.4 Å². The normalized spacial score (nSPS) is 14.5. The first-order valence-corrected chi connectivity index (χ1v) is 14.5. The molecule has 1 aliphatic rings. The first kappa shape index (κ1) is 33.4. The Hall–Kier alpha value is -3.49. The third-order valence-corrected chi connectivity index (χ3v) is 8.19. The van der Waals surface area contributed by atoms with Crippen molar-refractivity contribution in [3.63, 3.8) is 0 Å². The van der Waals surface area contributed by atoms with E-state index in [1.165, 1.54) is 40.5 Å². The van der Waals surface area contributed by atoms with Crippen LogP contribution in [0.15, 0.2) is 53.9 Å². The number of aryl methyl sites for hydroxylation is 1. The van der Waals surface area contributed by atoms with Crippen LogP contribution in [0.5, 0.6) is 0 Å². The van der Waals surface area contributed by atoms with Crippen LogP contribution in [0.2, 0.25) is 0 Å². The molecule has 1 aromatic heterocycles. The van der Waals surface area contributed by atoms with E-state index in [1.54, 1.807) is 0 Å². The van der Waals surface area contributed by atoms with Crippen molar-refractivity contribution in [1.29, 1.82) is 0 Å². The Bertz CT molecular complexity index is 1400. The van der Waals surface area contributed by atoms with E-state index in [-0.39, 0.29) is 32.2 Å². The van der Waals surface area contributed by atoms with Gasteiger partial charge in [-0.25, -0.2) is 4.39 Å². The van der Waals surface area contributed by atoms with E-state index in [0.717, 1.165) is 15.3 Å². The molecule has 0 bridgehead atoms. The summed E-state index contributed by atoms with van der Waals surface area (Å²) in [5.41, 5.74) is -2.58. The van der Waals surface area contributed by atoms with Crippen LogP contribution in [-0.2, 0) is 35.0 Å². The quantitative estimate of drug-likeness (QED) is 0.245. The molecule has 6 nitrogen and oxygen atoms in total. The van der Waals surface area contributed by atoms with Crippen molar-refractivity contribution in [3.8, 4) is 0 Å². The number of alkyl halides is 6. The highest BCUT2D eigenvalue weighted by atomic mass is 32.1. The number of amides is 2. The summed E-state index contributed by atoms with van der Waals surface area (Å²) in [6.07, 6.45) is -10.3. The lowest BCUT2D eigenvalue weighted by Crippen LogP contribution is -2.47. The molecule has 2 heterocycles. The van der Waals surface area contributed by atoms with Gasteiger partial charge in [0.2, 0.25) is 5.91 Å². The summed E-state index contributed by atoms with van der Waals surface area (Å²) in [4.78, 5) is 32.6. The first-order chi connectivity index (χ1) is 20.7. The smallest absolute Gasteiger partial charge is 0.379 e. The number of nitrogens with zero attached hydrogens (tertiary/aromatic N) is 3. The Kier molecular flexibility index (Phi) is 10.7. The minimum absolute atomic E-state index is 0.0315. The molecule has 0 spiro atoms. The maximum absolute atomic E-state index is 13.8. The van der Waals surface area contributed by atoms with Gasteiger partial charge in [-0.15, -0.1) is 11.3 Å². The van der Waals surface area contributed by atoms with Crippen LogP contribution >= 0.6 is 11.3 Å². The number of carbonyl (C=O) groups excluding carboxylic acids is 2. The molecule has 44 heavy (non-hydrogen) atoms. The fourth-order valence-corrected chi connectivity index (χ4v) is 5.57. The van der Waals surface area contributed by atoms with Crippen LogP contribution in [-0.4, -0.2) is 72.5 Å². The minimum Gasteiger partial charge on any atom is -0.379 e. The third kappa shape index (κ3) is 9.02. The maximum Gasteiger partial charge on any atom is 0.416 e. The van der Waals surface area contributed by atoms with E-state index < -0.39 is 53.2 Å². The number of hydrogen-bond acceptors (Lipinski definition) is 5. The van der Waals surface area contributed by atoms with Gasteiger partial charge in [-0.3, -0.25) is 14.5 Å². The SMILES string of the molecule is Cc1ccsc1CN(Cc1ccc(F)cc1)C(=O)CN(CCN1CCOCC1)C(=O)c1cc(C(F)(F)F)cc(C(F)(F)F)c1. The van der Waals surface area contributed by atoms with Gasteiger partial charge < -0.3 is 14.5 Å². The molecule has 0 atom stereocenters. The number of benzene rings is 2. The van der Waals surface area contributed by atoms with Gasteiger partial charge >= 0.3 is 12.4 Å². The molecule has 0 radical (unpaired) electrons. The molecule has 3 aromatic rings. The largest absolute Gasteiger partial charge is 0.416 e. The molecule has 0 saturated carbocycles. The third-order valence-electron chi connectivity index (χ3n) is 7.18. The lowest BCUT2D eigenvalue weighted by molar-refractivity contribution is -0.143. The van der Waals surface area contributed by atoms with E-state index in [4.69, 9.17) is 4.74 Å². The van der Waals surface area contributed by atoms with Crippen molar-refractivity contribution in [3.05, 3.63) is 92.4 Å². The molecule has 1 aliphatic heterocycles. The predicted molar refractivity (Wildman–Crippen MR) is 149 cm³/mol. The van der Waals surface area contributed by atoms with Crippen LogP contribution in [0.3, 0.4) is 0 Å². The number of rotatable bonds is 10. The fourth-order valence-electron chi connectivity index (χ4n) is 4.65. The molecular formula is C30H30F7N3O3S. The summed E-state index contributed by atoms with van der Waals surface area (Å²) in [7, 11) is 0. The van der Waals surface area contributed by atoms with Gasteiger partial charge in [0, 0.05) is 43.2 Å². The van der Waals surface area contributed by atoms with Crippen molar-refractivity contribution in [2.75, 3.05) is 45.9 Å². The summed E-state index contributed by atoms with van der Waals surface area (Å²) in [6, 6.07) is 8.03. The Balaban J connectivity index is 1.66. The monoisotopic (exact) mass is 645 g/mol. The molecular weight excluding hydrogens is 615 g/mol. The van der Waals surface area contributed by atoms with E-state index in [9.17, 15) is 40.3 Å². The standard InChI is InChI=1S/C30H30F7N3O3S/c1-20-6-13-44-26(20)18-40(17-21-2-4-25(31)5-3-21)27(41)19-39(8-7-38-9-11-43-12-10-38)28(42)22-14-23(29(32,33)34)16-24(15-22)30(35,36)37/h2-6,13-16H,7-12,17-19H2,1H3. The summed E-state index contributed by atoms with van der Waals surface area (Å²) >= 11 is 1.40. The molecule has 0 aliphatic carbocycles. The van der Waals surface area contributed by atoms with Gasteiger partial charge in [-0.1, -0.05) is 12.1 Å². The van der Waals surface area contributed by atoms with Crippen LogP contribution in [0.25, 0.3) is 0 Å². The average Bonchev–Trinajstić information content (AvgIpc) is 3.38. The van der Waals surface area contributed by atoms with Gasteiger partial charge in [0.15, 0.2) is 0 Å². The molecule has 1 fully saturated rings. The van der Waals surface area contributed by atoms with Crippen LogP contribution < -0.4 is 0 Å². The number of carbonyl (C=O) groups is 2. The molecule has 4 rings (SSSR count). The number of thiophene rings is 1. The molecule has 0 N–H and O–H groups in total. The van der Waals surface area contributed by atoms with E-state index >= 15 is 0 Å². The average molecular weight is 646 g/mol. The highest BCUT2D eigenvalue weighted by Gasteiger charge is 2.38. The van der Waals surface area contributed by atoms with Crippen LogP contribution in [0.4, 0.5) is 30.7 Å². The molecule has 14 heteroatoms. The van der Waals surface area contributed by atoms with Crippen molar-refractivity contribution < 1.29 is 45.1 Å². The van der Waals surface area contributed by atoms with Crippen LogP contribution in [0.1, 0.15) is 37.5 Å². The Labute approximate surface area is 253 Å². The molecule has 2 amide bonds. The molecule has 2 aromatic carbocycles. The summed E-state index contributed by atoms with van der Waals surface area (Å²) < 4.78 is 100. The second-order valence-electron chi connectivity index (χ2n) is 10.4. The van der Waals surface area contributed by atoms with Crippen LogP contribution in [0, 0.1) is 12.7 Å². The van der Waals surface area contributed by atoms with E-state index in [1.807, 2.05) is 23.3 Å². The van der Waals surface area contributed by atoms with Gasteiger partial charge in [-0.05, 0) is 59.8 Å². The topological polar surface area (TPSA) is 53.1 Å². The highest BCUT2D eigenvalue weighted by molar-refractivity contribution is 7.10. The molecule has 238 valence electrons. The predicted octanol–water partition coefficient (Wildman–Crippen LogP) is 6.24. The Morgan fingerprint density at radius 3 is 2.05 bits per heavy atom. The lowest BCUT2D eigenvalue weighted by Gasteiger charge is -2.31. The molecule has 0 unspecified atom stereocenters.